The molecule has 2 aliphatic heterocycles. The highest BCUT2D eigenvalue weighted by atomic mass is 16.5. The van der Waals surface area contributed by atoms with E-state index in [1.165, 1.54) is 5.56 Å². The molecule has 0 saturated carbocycles. The van der Waals surface area contributed by atoms with Gasteiger partial charge in [0.1, 0.15) is 0 Å². The van der Waals surface area contributed by atoms with Crippen molar-refractivity contribution in [2.75, 3.05) is 39.4 Å². The zero-order valence-electron chi connectivity index (χ0n) is 14.1. The largest absolute Gasteiger partial charge is 0.379 e. The van der Waals surface area contributed by atoms with Crippen LogP contribution < -0.4 is 0 Å². The van der Waals surface area contributed by atoms with Crippen molar-refractivity contribution in [2.24, 2.45) is 11.8 Å². The van der Waals surface area contributed by atoms with Crippen LogP contribution in [0.3, 0.4) is 0 Å². The molecule has 126 valence electrons. The molecule has 1 aromatic rings. The van der Waals surface area contributed by atoms with Gasteiger partial charge in [0.2, 0.25) is 5.91 Å². The van der Waals surface area contributed by atoms with Crippen molar-refractivity contribution in [2.45, 2.75) is 26.3 Å². The number of benzene rings is 1. The van der Waals surface area contributed by atoms with Gasteiger partial charge in [-0.3, -0.25) is 9.69 Å². The molecule has 0 N–H and O–H groups in total. The summed E-state index contributed by atoms with van der Waals surface area (Å²) in [7, 11) is 0. The second-order valence-electron chi connectivity index (χ2n) is 7.00. The van der Waals surface area contributed by atoms with E-state index in [4.69, 9.17) is 4.74 Å². The Hall–Kier alpha value is -1.39. The third kappa shape index (κ3) is 4.55. The summed E-state index contributed by atoms with van der Waals surface area (Å²) in [6, 6.07) is 10.6. The molecule has 4 nitrogen and oxygen atoms in total. The van der Waals surface area contributed by atoms with Gasteiger partial charge in [-0.05, 0) is 37.4 Å². The van der Waals surface area contributed by atoms with Gasteiger partial charge in [-0.2, -0.15) is 0 Å². The highest BCUT2D eigenvalue weighted by Gasteiger charge is 2.29. The molecule has 2 aliphatic rings. The van der Waals surface area contributed by atoms with E-state index >= 15 is 0 Å². The van der Waals surface area contributed by atoms with Crippen LogP contribution in [0.1, 0.15) is 25.3 Å². The Morgan fingerprint density at radius 1 is 1.17 bits per heavy atom. The van der Waals surface area contributed by atoms with Crippen molar-refractivity contribution in [3.63, 3.8) is 0 Å². The van der Waals surface area contributed by atoms with Crippen LogP contribution in [-0.4, -0.2) is 55.1 Å². The molecule has 0 bridgehead atoms. The number of hydrogen-bond acceptors (Lipinski definition) is 3. The lowest BCUT2D eigenvalue weighted by Gasteiger charge is -2.34. The van der Waals surface area contributed by atoms with Crippen LogP contribution >= 0.6 is 0 Å². The Morgan fingerprint density at radius 2 is 1.91 bits per heavy atom. The third-order valence-corrected chi connectivity index (χ3v) is 4.94. The van der Waals surface area contributed by atoms with Crippen LogP contribution in [0.5, 0.6) is 0 Å². The van der Waals surface area contributed by atoms with Gasteiger partial charge in [-0.1, -0.05) is 37.3 Å². The van der Waals surface area contributed by atoms with Crippen LogP contribution in [0.15, 0.2) is 30.3 Å². The average molecular weight is 316 g/mol. The molecule has 0 radical (unpaired) electrons. The first kappa shape index (κ1) is 16.5. The summed E-state index contributed by atoms with van der Waals surface area (Å²) in [5.41, 5.74) is 1.36. The minimum Gasteiger partial charge on any atom is -0.379 e. The molecule has 23 heavy (non-hydrogen) atoms. The van der Waals surface area contributed by atoms with Crippen molar-refractivity contribution in [1.82, 2.24) is 9.80 Å². The minimum absolute atomic E-state index is 0.201. The fourth-order valence-corrected chi connectivity index (χ4v) is 3.62. The molecule has 1 amide bonds. The minimum atomic E-state index is 0.201. The molecule has 0 aliphatic carbocycles. The van der Waals surface area contributed by atoms with Crippen molar-refractivity contribution in [3.05, 3.63) is 35.9 Å². The lowest BCUT2D eigenvalue weighted by Crippen LogP contribution is -2.44. The number of carbonyl (C=O) groups excluding carboxylic acids is 1. The lowest BCUT2D eigenvalue weighted by atomic mass is 9.94. The molecule has 2 heterocycles. The van der Waals surface area contributed by atoms with E-state index in [-0.39, 0.29) is 5.92 Å². The van der Waals surface area contributed by atoms with Gasteiger partial charge in [0, 0.05) is 25.6 Å². The summed E-state index contributed by atoms with van der Waals surface area (Å²) in [5.74, 6) is 0.994. The van der Waals surface area contributed by atoms with E-state index in [1.54, 1.807) is 0 Å². The first-order chi connectivity index (χ1) is 11.2. The SMILES string of the molecule is CC1COCCN(C(=O)C2CCN(Cc3ccccc3)CC2)C1. The second kappa shape index (κ2) is 7.93. The zero-order chi connectivity index (χ0) is 16.1. The van der Waals surface area contributed by atoms with Crippen LogP contribution in [0.2, 0.25) is 0 Å². The summed E-state index contributed by atoms with van der Waals surface area (Å²) in [4.78, 5) is 17.3. The highest BCUT2D eigenvalue weighted by molar-refractivity contribution is 5.79. The van der Waals surface area contributed by atoms with Crippen LogP contribution in [0.25, 0.3) is 0 Å². The van der Waals surface area contributed by atoms with Gasteiger partial charge in [0.25, 0.3) is 0 Å². The smallest absolute Gasteiger partial charge is 0.225 e. The average Bonchev–Trinajstić information content (AvgIpc) is 2.80. The van der Waals surface area contributed by atoms with Gasteiger partial charge in [-0.25, -0.2) is 0 Å². The number of amides is 1. The first-order valence-corrected chi connectivity index (χ1v) is 8.85. The summed E-state index contributed by atoms with van der Waals surface area (Å²) in [5, 5.41) is 0. The maximum absolute atomic E-state index is 12.8. The normalized spacial score (nSPS) is 24.4. The molecule has 1 aromatic carbocycles. The molecule has 4 heteroatoms. The number of ether oxygens (including phenoxy) is 1. The first-order valence-electron chi connectivity index (χ1n) is 8.85. The predicted molar refractivity (Wildman–Crippen MR) is 91.0 cm³/mol. The molecule has 1 unspecified atom stereocenters. The molecule has 2 fully saturated rings. The van der Waals surface area contributed by atoms with E-state index in [2.05, 4.69) is 42.2 Å². The summed E-state index contributed by atoms with van der Waals surface area (Å²) >= 11 is 0. The predicted octanol–water partition coefficient (Wildman–Crippen LogP) is 2.39. The highest BCUT2D eigenvalue weighted by Crippen LogP contribution is 2.22. The fourth-order valence-electron chi connectivity index (χ4n) is 3.62. The summed E-state index contributed by atoms with van der Waals surface area (Å²) in [6.07, 6.45) is 1.97. The quantitative estimate of drug-likeness (QED) is 0.858. The number of carbonyl (C=O) groups is 1. The molecule has 0 aromatic heterocycles. The lowest BCUT2D eigenvalue weighted by molar-refractivity contribution is -0.137. The van der Waals surface area contributed by atoms with Crippen molar-refractivity contribution < 1.29 is 9.53 Å². The third-order valence-electron chi connectivity index (χ3n) is 4.94. The van der Waals surface area contributed by atoms with E-state index in [9.17, 15) is 4.79 Å². The number of hydrogen-bond donors (Lipinski definition) is 0. The van der Waals surface area contributed by atoms with Gasteiger partial charge < -0.3 is 9.64 Å². The second-order valence-corrected chi connectivity index (χ2v) is 7.00. The van der Waals surface area contributed by atoms with E-state index < -0.39 is 0 Å². The Morgan fingerprint density at radius 3 is 2.65 bits per heavy atom. The van der Waals surface area contributed by atoms with Crippen molar-refractivity contribution >= 4 is 5.91 Å². The van der Waals surface area contributed by atoms with Gasteiger partial charge in [0.15, 0.2) is 0 Å². The fraction of sp³-hybridized carbons (Fsp3) is 0.632. The Kier molecular flexibility index (Phi) is 5.68. The molecular formula is C19H28N2O2. The van der Waals surface area contributed by atoms with Gasteiger partial charge in [-0.15, -0.1) is 0 Å². The van der Waals surface area contributed by atoms with E-state index in [0.29, 0.717) is 18.4 Å². The Balaban J connectivity index is 1.49. The van der Waals surface area contributed by atoms with Gasteiger partial charge >= 0.3 is 0 Å². The molecule has 2 saturated heterocycles. The summed E-state index contributed by atoms with van der Waals surface area (Å²) < 4.78 is 5.56. The zero-order valence-corrected chi connectivity index (χ0v) is 14.1. The van der Waals surface area contributed by atoms with Gasteiger partial charge in [0.05, 0.1) is 13.2 Å². The summed E-state index contributed by atoms with van der Waals surface area (Å²) in [6.45, 7) is 8.26. The standard InChI is InChI=1S/C19H28N2O2/c1-16-13-21(11-12-23-15-16)19(22)18-7-9-20(10-8-18)14-17-5-3-2-4-6-17/h2-6,16,18H,7-15H2,1H3. The van der Waals surface area contributed by atoms with Crippen LogP contribution in [-0.2, 0) is 16.1 Å². The Labute approximate surface area is 139 Å². The maximum atomic E-state index is 12.8. The number of likely N-dealkylation sites (tertiary alicyclic amines) is 1. The van der Waals surface area contributed by atoms with Crippen LogP contribution in [0, 0.1) is 11.8 Å². The number of piperidine rings is 1. The molecule has 0 spiro atoms. The van der Waals surface area contributed by atoms with Crippen molar-refractivity contribution in [1.29, 1.82) is 0 Å². The topological polar surface area (TPSA) is 32.8 Å². The van der Waals surface area contributed by atoms with E-state index in [1.807, 2.05) is 4.90 Å². The molecular weight excluding hydrogens is 288 g/mol. The number of nitrogens with zero attached hydrogens (tertiary/aromatic N) is 2. The van der Waals surface area contributed by atoms with Crippen LogP contribution in [0.4, 0.5) is 0 Å². The Bertz CT molecular complexity index is 497. The van der Waals surface area contributed by atoms with E-state index in [0.717, 1.165) is 52.2 Å². The number of rotatable bonds is 3. The molecule has 3 rings (SSSR count). The monoisotopic (exact) mass is 316 g/mol. The molecule has 1 atom stereocenters. The van der Waals surface area contributed by atoms with Crippen molar-refractivity contribution in [3.8, 4) is 0 Å². The maximum Gasteiger partial charge on any atom is 0.225 e.